The fourth-order valence-corrected chi connectivity index (χ4v) is 4.47. The highest BCUT2D eigenvalue weighted by Crippen LogP contribution is 2.30. The maximum atomic E-state index is 13.5. The minimum Gasteiger partial charge on any atom is -0.363 e. The zero-order valence-electron chi connectivity index (χ0n) is 21.8. The van der Waals surface area contributed by atoms with Crippen LogP contribution in [0.5, 0.6) is 0 Å². The Morgan fingerprint density at radius 3 is 2.56 bits per heavy atom. The Labute approximate surface area is 211 Å². The number of nitrogens with zero attached hydrogens (tertiary/aromatic N) is 4. The van der Waals surface area contributed by atoms with E-state index < -0.39 is 0 Å². The quantitative estimate of drug-likeness (QED) is 0.379. The molecule has 2 N–H and O–H groups in total. The zero-order chi connectivity index (χ0) is 26.0. The maximum absolute atomic E-state index is 13.5. The number of hydrogen-bond acceptors (Lipinski definition) is 5. The summed E-state index contributed by atoms with van der Waals surface area (Å²) in [6.45, 7) is 8.23. The number of rotatable bonds is 8. The number of carbonyl (C=O) groups excluding carboxylic acids is 1. The van der Waals surface area contributed by atoms with Gasteiger partial charge in [0.25, 0.3) is 11.5 Å². The van der Waals surface area contributed by atoms with E-state index in [1.807, 2.05) is 61.1 Å². The summed E-state index contributed by atoms with van der Waals surface area (Å²) in [7, 11) is 3.89. The number of fused-ring (bicyclic) bond motifs is 1. The standard InChI is InChI=1S/C28H34N6O2/c1-7-8-19-11-18(4)32-28(36)23(19)15-30-27(35)22-12-21(20-9-10-26(29-14-20)33(5)6)13-25-24(22)16-31-34(25)17(2)3/h9-14,16-17H,7-8,15H2,1-6H3,(H,30,35)(H,32,36). The van der Waals surface area contributed by atoms with Crippen molar-refractivity contribution < 1.29 is 4.79 Å². The van der Waals surface area contributed by atoms with E-state index in [4.69, 9.17) is 0 Å². The first-order chi connectivity index (χ1) is 17.2. The number of hydrogen-bond donors (Lipinski definition) is 2. The maximum Gasteiger partial charge on any atom is 0.253 e. The third-order valence-corrected chi connectivity index (χ3v) is 6.30. The molecule has 0 bridgehead atoms. The van der Waals surface area contributed by atoms with Crippen molar-refractivity contribution in [2.45, 2.75) is 53.1 Å². The molecule has 0 aliphatic rings. The molecule has 8 nitrogen and oxygen atoms in total. The average molecular weight is 487 g/mol. The van der Waals surface area contributed by atoms with Gasteiger partial charge in [0, 0.05) is 55.1 Å². The number of nitrogens with one attached hydrogen (secondary N) is 2. The predicted octanol–water partition coefficient (Wildman–Crippen LogP) is 4.62. The lowest BCUT2D eigenvalue weighted by Gasteiger charge is -2.14. The van der Waals surface area contributed by atoms with Crippen LogP contribution in [0.25, 0.3) is 22.0 Å². The van der Waals surface area contributed by atoms with Crippen molar-refractivity contribution in [3.05, 3.63) is 75.5 Å². The highest BCUT2D eigenvalue weighted by Gasteiger charge is 2.18. The fraction of sp³-hybridized carbons (Fsp3) is 0.357. The molecule has 3 heterocycles. The first-order valence-corrected chi connectivity index (χ1v) is 12.3. The minimum absolute atomic E-state index is 0.130. The molecule has 0 spiro atoms. The second kappa shape index (κ2) is 10.4. The van der Waals surface area contributed by atoms with Gasteiger partial charge < -0.3 is 15.2 Å². The van der Waals surface area contributed by atoms with E-state index in [-0.39, 0.29) is 24.1 Å². The number of anilines is 1. The number of aryl methyl sites for hydroxylation is 2. The Kier molecular flexibility index (Phi) is 7.24. The minimum atomic E-state index is -0.245. The van der Waals surface area contributed by atoms with Crippen LogP contribution in [0.15, 0.2) is 47.5 Å². The Bertz CT molecular complexity index is 1450. The molecule has 0 fully saturated rings. The largest absolute Gasteiger partial charge is 0.363 e. The molecule has 0 aliphatic carbocycles. The molecule has 0 saturated carbocycles. The molecule has 1 amide bonds. The summed E-state index contributed by atoms with van der Waals surface area (Å²) in [4.78, 5) is 35.5. The molecule has 0 atom stereocenters. The van der Waals surface area contributed by atoms with Crippen molar-refractivity contribution in [3.63, 3.8) is 0 Å². The van der Waals surface area contributed by atoms with Crippen molar-refractivity contribution in [2.75, 3.05) is 19.0 Å². The van der Waals surface area contributed by atoms with Crippen molar-refractivity contribution in [1.29, 1.82) is 0 Å². The number of aromatic amines is 1. The van der Waals surface area contributed by atoms with Gasteiger partial charge in [0.1, 0.15) is 5.82 Å². The molecule has 1 aromatic carbocycles. The van der Waals surface area contributed by atoms with Gasteiger partial charge in [0.2, 0.25) is 0 Å². The van der Waals surface area contributed by atoms with E-state index in [2.05, 4.69) is 47.2 Å². The summed E-state index contributed by atoms with van der Waals surface area (Å²) in [5.41, 5.74) is 5.43. The summed E-state index contributed by atoms with van der Waals surface area (Å²) in [6.07, 6.45) is 5.26. The molecule has 0 saturated heterocycles. The second-order valence-corrected chi connectivity index (χ2v) is 9.66. The fourth-order valence-electron chi connectivity index (χ4n) is 4.47. The van der Waals surface area contributed by atoms with Gasteiger partial charge in [-0.15, -0.1) is 0 Å². The van der Waals surface area contributed by atoms with Crippen molar-refractivity contribution in [1.82, 2.24) is 25.1 Å². The van der Waals surface area contributed by atoms with E-state index in [0.717, 1.165) is 51.9 Å². The van der Waals surface area contributed by atoms with Gasteiger partial charge in [-0.2, -0.15) is 5.10 Å². The Morgan fingerprint density at radius 1 is 1.14 bits per heavy atom. The van der Waals surface area contributed by atoms with Gasteiger partial charge in [-0.05, 0) is 68.7 Å². The summed E-state index contributed by atoms with van der Waals surface area (Å²) in [5, 5.41) is 8.31. The molecular weight excluding hydrogens is 452 g/mol. The first-order valence-electron chi connectivity index (χ1n) is 12.3. The smallest absolute Gasteiger partial charge is 0.253 e. The lowest BCUT2D eigenvalue weighted by atomic mass is 10.00. The monoisotopic (exact) mass is 486 g/mol. The van der Waals surface area contributed by atoms with Crippen LogP contribution in [0.3, 0.4) is 0 Å². The van der Waals surface area contributed by atoms with E-state index in [0.29, 0.717) is 11.1 Å². The molecule has 0 radical (unpaired) electrons. The van der Waals surface area contributed by atoms with Crippen molar-refractivity contribution in [3.8, 4) is 11.1 Å². The van der Waals surface area contributed by atoms with Gasteiger partial charge in [0.05, 0.1) is 17.3 Å². The third-order valence-electron chi connectivity index (χ3n) is 6.30. The number of carbonyl (C=O) groups is 1. The number of benzene rings is 1. The van der Waals surface area contributed by atoms with E-state index >= 15 is 0 Å². The number of aromatic nitrogens is 4. The molecule has 3 aromatic heterocycles. The van der Waals surface area contributed by atoms with Crippen LogP contribution in [0.1, 0.15) is 60.4 Å². The van der Waals surface area contributed by atoms with Crippen LogP contribution in [0.4, 0.5) is 5.82 Å². The van der Waals surface area contributed by atoms with Crippen LogP contribution >= 0.6 is 0 Å². The van der Waals surface area contributed by atoms with Crippen molar-refractivity contribution >= 4 is 22.6 Å². The van der Waals surface area contributed by atoms with E-state index in [9.17, 15) is 9.59 Å². The van der Waals surface area contributed by atoms with Crippen LogP contribution in [0.2, 0.25) is 0 Å². The second-order valence-electron chi connectivity index (χ2n) is 9.66. The van der Waals surface area contributed by atoms with Gasteiger partial charge in [-0.25, -0.2) is 4.98 Å². The average Bonchev–Trinajstić information content (AvgIpc) is 3.27. The molecule has 0 unspecified atom stereocenters. The molecule has 0 aliphatic heterocycles. The Morgan fingerprint density at radius 2 is 1.92 bits per heavy atom. The van der Waals surface area contributed by atoms with Crippen LogP contribution in [0, 0.1) is 6.92 Å². The highest BCUT2D eigenvalue weighted by molar-refractivity contribution is 6.08. The van der Waals surface area contributed by atoms with Gasteiger partial charge in [-0.1, -0.05) is 13.3 Å². The normalized spacial score (nSPS) is 11.3. The summed E-state index contributed by atoms with van der Waals surface area (Å²) in [6, 6.07) is 10.0. The van der Waals surface area contributed by atoms with Crippen LogP contribution in [-0.4, -0.2) is 39.8 Å². The molecular formula is C28H34N6O2. The molecule has 188 valence electrons. The summed E-state index contributed by atoms with van der Waals surface area (Å²) >= 11 is 0. The van der Waals surface area contributed by atoms with E-state index in [1.165, 1.54) is 0 Å². The van der Waals surface area contributed by atoms with Gasteiger partial charge >= 0.3 is 0 Å². The lowest BCUT2D eigenvalue weighted by Crippen LogP contribution is -2.28. The predicted molar refractivity (Wildman–Crippen MR) is 145 cm³/mol. The lowest BCUT2D eigenvalue weighted by molar-refractivity contribution is 0.0952. The molecule has 4 rings (SSSR count). The Hall–Kier alpha value is -3.94. The molecule has 8 heteroatoms. The van der Waals surface area contributed by atoms with E-state index in [1.54, 1.807) is 6.20 Å². The van der Waals surface area contributed by atoms with Crippen molar-refractivity contribution in [2.24, 2.45) is 0 Å². The van der Waals surface area contributed by atoms with Gasteiger partial charge in [0.15, 0.2) is 0 Å². The van der Waals surface area contributed by atoms with Gasteiger partial charge in [-0.3, -0.25) is 14.3 Å². The number of H-pyrrole nitrogens is 1. The summed E-state index contributed by atoms with van der Waals surface area (Å²) in [5.74, 6) is 0.613. The van der Waals surface area contributed by atoms with Crippen LogP contribution < -0.4 is 15.8 Å². The zero-order valence-corrected chi connectivity index (χ0v) is 21.8. The third kappa shape index (κ3) is 5.03. The highest BCUT2D eigenvalue weighted by atomic mass is 16.1. The van der Waals surface area contributed by atoms with Crippen LogP contribution in [-0.2, 0) is 13.0 Å². The Balaban J connectivity index is 1.74. The molecule has 4 aromatic rings. The number of amides is 1. The first kappa shape index (κ1) is 25.2. The molecule has 36 heavy (non-hydrogen) atoms. The number of pyridine rings is 2. The SMILES string of the molecule is CCCc1cc(C)[nH]c(=O)c1CNC(=O)c1cc(-c2ccc(N(C)C)nc2)cc2c1cnn2C(C)C. The topological polar surface area (TPSA) is 95.9 Å². The summed E-state index contributed by atoms with van der Waals surface area (Å²) < 4.78 is 1.92.